The van der Waals surface area contributed by atoms with Crippen LogP contribution in [0.1, 0.15) is 33.6 Å². The molecular weight excluding hydrogens is 204 g/mol. The van der Waals surface area contributed by atoms with Crippen molar-refractivity contribution in [2.75, 3.05) is 32.8 Å². The summed E-state index contributed by atoms with van der Waals surface area (Å²) < 4.78 is 5.33. The van der Waals surface area contributed by atoms with Gasteiger partial charge >= 0.3 is 0 Å². The maximum atomic E-state index is 11.8. The van der Waals surface area contributed by atoms with E-state index in [9.17, 15) is 4.79 Å². The van der Waals surface area contributed by atoms with E-state index in [-0.39, 0.29) is 11.4 Å². The van der Waals surface area contributed by atoms with Crippen LogP contribution in [0.3, 0.4) is 0 Å². The molecule has 0 saturated carbocycles. The summed E-state index contributed by atoms with van der Waals surface area (Å²) in [6.07, 6.45) is 1.97. The van der Waals surface area contributed by atoms with Gasteiger partial charge in [0.15, 0.2) is 0 Å². The molecule has 0 atom stereocenters. The maximum absolute atomic E-state index is 11.8. The second-order valence-corrected chi connectivity index (χ2v) is 4.59. The van der Waals surface area contributed by atoms with Crippen LogP contribution in [0.15, 0.2) is 0 Å². The maximum Gasteiger partial charge on any atom is 0.236 e. The molecule has 0 aromatic rings. The zero-order valence-corrected chi connectivity index (χ0v) is 10.7. The van der Waals surface area contributed by atoms with Crippen molar-refractivity contribution in [1.82, 2.24) is 10.2 Å². The molecule has 0 unspecified atom stereocenters. The third-order valence-electron chi connectivity index (χ3n) is 3.38. The van der Waals surface area contributed by atoms with Gasteiger partial charge in [0.1, 0.15) is 0 Å². The second kappa shape index (κ2) is 6.21. The molecule has 0 aromatic carbocycles. The minimum absolute atomic E-state index is 0.0705. The van der Waals surface area contributed by atoms with Crippen LogP contribution in [0.2, 0.25) is 0 Å². The number of amides is 1. The lowest BCUT2D eigenvalue weighted by atomic mass is 9.92. The van der Waals surface area contributed by atoms with Crippen LogP contribution in [0.5, 0.6) is 0 Å². The molecule has 1 aliphatic heterocycles. The molecule has 1 heterocycles. The predicted octanol–water partition coefficient (Wildman–Crippen LogP) is 1.01. The van der Waals surface area contributed by atoms with Gasteiger partial charge in [0.05, 0.1) is 6.54 Å². The van der Waals surface area contributed by atoms with Crippen molar-refractivity contribution in [1.29, 1.82) is 0 Å². The minimum Gasteiger partial charge on any atom is -0.381 e. The predicted molar refractivity (Wildman–Crippen MR) is 64.4 cm³/mol. The van der Waals surface area contributed by atoms with E-state index in [1.54, 1.807) is 0 Å². The Hall–Kier alpha value is -0.610. The summed E-state index contributed by atoms with van der Waals surface area (Å²) in [7, 11) is 0. The van der Waals surface area contributed by atoms with Crippen LogP contribution in [-0.4, -0.2) is 49.2 Å². The first-order chi connectivity index (χ1) is 7.61. The summed E-state index contributed by atoms with van der Waals surface area (Å²) in [6.45, 7) is 9.80. The monoisotopic (exact) mass is 228 g/mol. The third kappa shape index (κ3) is 3.76. The molecule has 1 amide bonds. The highest BCUT2D eigenvalue weighted by atomic mass is 16.5. The summed E-state index contributed by atoms with van der Waals surface area (Å²) >= 11 is 0. The van der Waals surface area contributed by atoms with E-state index in [1.165, 1.54) is 0 Å². The number of likely N-dealkylation sites (N-methyl/N-ethyl adjacent to an activating group) is 1. The molecule has 1 aliphatic rings. The van der Waals surface area contributed by atoms with Crippen LogP contribution in [0.25, 0.3) is 0 Å². The van der Waals surface area contributed by atoms with Gasteiger partial charge in [0, 0.05) is 31.8 Å². The first-order valence-corrected chi connectivity index (χ1v) is 6.22. The number of nitrogens with one attached hydrogen (secondary N) is 1. The fraction of sp³-hybridized carbons (Fsp3) is 0.917. The Labute approximate surface area is 98.3 Å². The number of nitrogens with zero attached hydrogens (tertiary/aromatic N) is 1. The Kier molecular flexibility index (Phi) is 5.22. The van der Waals surface area contributed by atoms with E-state index < -0.39 is 0 Å². The topological polar surface area (TPSA) is 41.6 Å². The van der Waals surface area contributed by atoms with Crippen molar-refractivity contribution in [3.8, 4) is 0 Å². The number of carbonyl (C=O) groups is 1. The van der Waals surface area contributed by atoms with Gasteiger partial charge in [-0.05, 0) is 33.6 Å². The zero-order valence-electron chi connectivity index (χ0n) is 10.7. The van der Waals surface area contributed by atoms with Crippen molar-refractivity contribution >= 4 is 5.91 Å². The Balaban J connectivity index is 2.35. The quantitative estimate of drug-likeness (QED) is 0.763. The summed E-state index contributed by atoms with van der Waals surface area (Å²) in [5, 5.41) is 3.38. The molecule has 1 N–H and O–H groups in total. The first-order valence-electron chi connectivity index (χ1n) is 6.22. The largest absolute Gasteiger partial charge is 0.381 e. The molecule has 16 heavy (non-hydrogen) atoms. The number of ether oxygens (including phenoxy) is 1. The lowest BCUT2D eigenvalue weighted by molar-refractivity contribution is -0.130. The Morgan fingerprint density at radius 3 is 2.38 bits per heavy atom. The third-order valence-corrected chi connectivity index (χ3v) is 3.38. The second-order valence-electron chi connectivity index (χ2n) is 4.59. The Morgan fingerprint density at radius 2 is 1.88 bits per heavy atom. The molecule has 94 valence electrons. The van der Waals surface area contributed by atoms with Crippen LogP contribution < -0.4 is 5.32 Å². The van der Waals surface area contributed by atoms with Gasteiger partial charge < -0.3 is 15.0 Å². The van der Waals surface area contributed by atoms with Gasteiger partial charge in [-0.3, -0.25) is 4.79 Å². The standard InChI is InChI=1S/C12H24N2O2/c1-4-14(5-2)11(15)10-13-12(3)6-8-16-9-7-12/h13H,4-10H2,1-3H3. The van der Waals surface area contributed by atoms with Crippen molar-refractivity contribution < 1.29 is 9.53 Å². The van der Waals surface area contributed by atoms with Gasteiger partial charge in [-0.2, -0.15) is 0 Å². The Morgan fingerprint density at radius 1 is 1.31 bits per heavy atom. The lowest BCUT2D eigenvalue weighted by Crippen LogP contribution is -2.50. The zero-order chi connectivity index (χ0) is 12.0. The molecular formula is C12H24N2O2. The van der Waals surface area contributed by atoms with Crippen LogP contribution >= 0.6 is 0 Å². The molecule has 0 aromatic heterocycles. The highest BCUT2D eigenvalue weighted by Crippen LogP contribution is 2.19. The number of rotatable bonds is 5. The number of hydrogen-bond donors (Lipinski definition) is 1. The average Bonchev–Trinajstić information content (AvgIpc) is 2.29. The molecule has 0 aliphatic carbocycles. The number of hydrogen-bond acceptors (Lipinski definition) is 3. The number of carbonyl (C=O) groups excluding carboxylic acids is 1. The van der Waals surface area contributed by atoms with E-state index in [4.69, 9.17) is 4.74 Å². The van der Waals surface area contributed by atoms with Crippen molar-refractivity contribution in [2.45, 2.75) is 39.2 Å². The summed E-state index contributed by atoms with van der Waals surface area (Å²) in [4.78, 5) is 13.7. The summed E-state index contributed by atoms with van der Waals surface area (Å²) in [5.74, 6) is 0.192. The van der Waals surface area contributed by atoms with Gasteiger partial charge in [-0.25, -0.2) is 0 Å². The van der Waals surface area contributed by atoms with Gasteiger partial charge in [0.2, 0.25) is 5.91 Å². The highest BCUT2D eigenvalue weighted by molar-refractivity contribution is 5.78. The summed E-state index contributed by atoms with van der Waals surface area (Å²) in [6, 6.07) is 0. The molecule has 0 spiro atoms. The van der Waals surface area contributed by atoms with E-state index >= 15 is 0 Å². The lowest BCUT2D eigenvalue weighted by Gasteiger charge is -2.35. The van der Waals surface area contributed by atoms with E-state index in [0.29, 0.717) is 6.54 Å². The van der Waals surface area contributed by atoms with Crippen LogP contribution in [0.4, 0.5) is 0 Å². The Bertz CT molecular complexity index is 221. The van der Waals surface area contributed by atoms with Crippen LogP contribution in [-0.2, 0) is 9.53 Å². The van der Waals surface area contributed by atoms with Crippen molar-refractivity contribution in [2.24, 2.45) is 0 Å². The molecule has 1 rings (SSSR count). The molecule has 1 fully saturated rings. The fourth-order valence-electron chi connectivity index (χ4n) is 1.98. The molecule has 0 radical (unpaired) electrons. The molecule has 4 heteroatoms. The van der Waals surface area contributed by atoms with Gasteiger partial charge in [0.25, 0.3) is 0 Å². The van der Waals surface area contributed by atoms with Crippen molar-refractivity contribution in [3.63, 3.8) is 0 Å². The van der Waals surface area contributed by atoms with E-state index in [2.05, 4.69) is 12.2 Å². The smallest absolute Gasteiger partial charge is 0.236 e. The average molecular weight is 228 g/mol. The highest BCUT2D eigenvalue weighted by Gasteiger charge is 2.27. The SMILES string of the molecule is CCN(CC)C(=O)CNC1(C)CCOCC1. The van der Waals surface area contributed by atoms with Crippen LogP contribution in [0, 0.1) is 0 Å². The van der Waals surface area contributed by atoms with E-state index in [1.807, 2.05) is 18.7 Å². The molecule has 4 nitrogen and oxygen atoms in total. The van der Waals surface area contributed by atoms with Gasteiger partial charge in [-0.15, -0.1) is 0 Å². The fourth-order valence-corrected chi connectivity index (χ4v) is 1.98. The summed E-state index contributed by atoms with van der Waals surface area (Å²) in [5.41, 5.74) is 0.0705. The minimum atomic E-state index is 0.0705. The van der Waals surface area contributed by atoms with E-state index in [0.717, 1.165) is 39.1 Å². The first kappa shape index (κ1) is 13.5. The normalized spacial score (nSPS) is 19.4. The molecule has 0 bridgehead atoms. The molecule has 1 saturated heterocycles. The van der Waals surface area contributed by atoms with Gasteiger partial charge in [-0.1, -0.05) is 0 Å². The van der Waals surface area contributed by atoms with Crippen molar-refractivity contribution in [3.05, 3.63) is 0 Å².